The first kappa shape index (κ1) is 19.4. The molecule has 1 fully saturated rings. The molecule has 3 heterocycles. The highest BCUT2D eigenvalue weighted by Crippen LogP contribution is 2.26. The zero-order valence-corrected chi connectivity index (χ0v) is 16.3. The molecule has 1 aliphatic rings. The van der Waals surface area contributed by atoms with Crippen molar-refractivity contribution < 1.29 is 13.6 Å². The summed E-state index contributed by atoms with van der Waals surface area (Å²) in [5.41, 5.74) is 1.54. The van der Waals surface area contributed by atoms with Crippen molar-refractivity contribution in [1.29, 1.82) is 0 Å². The van der Waals surface area contributed by atoms with Crippen molar-refractivity contribution in [2.24, 2.45) is 0 Å². The summed E-state index contributed by atoms with van der Waals surface area (Å²) in [4.78, 5) is 19.5. The van der Waals surface area contributed by atoms with Crippen molar-refractivity contribution in [3.8, 4) is 0 Å². The number of carbonyl (C=O) groups is 1. The number of fused-ring (bicyclic) bond motifs is 1. The number of nitrogens with zero attached hydrogens (tertiary/aromatic N) is 2. The lowest BCUT2D eigenvalue weighted by molar-refractivity contribution is 0.0943. The summed E-state index contributed by atoms with van der Waals surface area (Å²) in [6.07, 6.45) is 6.59. The van der Waals surface area contributed by atoms with E-state index in [1.54, 1.807) is 30.5 Å². The second kappa shape index (κ2) is 9.05. The quantitative estimate of drug-likeness (QED) is 0.650. The van der Waals surface area contributed by atoms with E-state index in [1.165, 1.54) is 37.8 Å². The van der Waals surface area contributed by atoms with Gasteiger partial charge in [-0.25, -0.2) is 9.37 Å². The number of likely N-dealkylation sites (tertiary alicyclic amines) is 1. The number of amides is 1. The van der Waals surface area contributed by atoms with Crippen LogP contribution in [0.1, 0.15) is 36.2 Å². The summed E-state index contributed by atoms with van der Waals surface area (Å²) in [5, 5.41) is 6.86. The number of furan rings is 1. The lowest BCUT2D eigenvalue weighted by Crippen LogP contribution is -2.35. The third kappa shape index (κ3) is 4.92. The maximum Gasteiger partial charge on any atom is 0.270 e. The van der Waals surface area contributed by atoms with Crippen LogP contribution in [0.25, 0.3) is 11.0 Å². The van der Waals surface area contributed by atoms with E-state index in [4.69, 9.17) is 4.42 Å². The van der Waals surface area contributed by atoms with E-state index in [0.717, 1.165) is 25.0 Å². The molecule has 0 radical (unpaired) electrons. The van der Waals surface area contributed by atoms with E-state index in [1.807, 2.05) is 0 Å². The Labute approximate surface area is 169 Å². The number of anilines is 2. The first-order chi connectivity index (χ1) is 14.2. The van der Waals surface area contributed by atoms with E-state index in [9.17, 15) is 9.18 Å². The van der Waals surface area contributed by atoms with Crippen LogP contribution in [-0.2, 0) is 0 Å². The number of rotatable bonds is 6. The van der Waals surface area contributed by atoms with Gasteiger partial charge < -0.3 is 20.0 Å². The van der Waals surface area contributed by atoms with Gasteiger partial charge in [-0.3, -0.25) is 4.79 Å². The number of nitrogens with one attached hydrogen (secondary N) is 2. The Morgan fingerprint density at radius 2 is 1.86 bits per heavy atom. The maximum absolute atomic E-state index is 13.2. The molecule has 1 saturated heterocycles. The molecular formula is C22H25FN4O2. The monoisotopic (exact) mass is 396 g/mol. The third-order valence-corrected chi connectivity index (χ3v) is 5.20. The van der Waals surface area contributed by atoms with Crippen molar-refractivity contribution in [3.63, 3.8) is 0 Å². The van der Waals surface area contributed by atoms with Crippen LogP contribution < -0.4 is 10.6 Å². The van der Waals surface area contributed by atoms with Crippen LogP contribution in [0.4, 0.5) is 15.9 Å². The molecule has 152 valence electrons. The Morgan fingerprint density at radius 1 is 1.10 bits per heavy atom. The summed E-state index contributed by atoms with van der Waals surface area (Å²) >= 11 is 0. The van der Waals surface area contributed by atoms with Crippen molar-refractivity contribution >= 4 is 28.4 Å². The van der Waals surface area contributed by atoms with Crippen LogP contribution in [0.15, 0.2) is 47.1 Å². The van der Waals surface area contributed by atoms with Gasteiger partial charge in [0.2, 0.25) is 0 Å². The first-order valence-corrected chi connectivity index (χ1v) is 10.1. The summed E-state index contributed by atoms with van der Waals surface area (Å²) in [5.74, 6) is -0.0460. The standard InChI is InChI=1S/C22H25FN4O2/c23-16-5-7-17(8-6-16)25-21-18-9-14-29-20(18)15-19(26-21)22(28)24-10-13-27-11-3-1-2-4-12-27/h5-9,14-15H,1-4,10-13H2,(H,24,28)(H,25,26). The second-order valence-electron chi connectivity index (χ2n) is 7.33. The van der Waals surface area contributed by atoms with Gasteiger partial charge >= 0.3 is 0 Å². The summed E-state index contributed by atoms with van der Waals surface area (Å²) in [7, 11) is 0. The van der Waals surface area contributed by atoms with Gasteiger partial charge in [-0.05, 0) is 56.3 Å². The highest BCUT2D eigenvalue weighted by Gasteiger charge is 2.15. The molecule has 3 aromatic rings. The Balaban J connectivity index is 1.45. The van der Waals surface area contributed by atoms with Gasteiger partial charge in [0.25, 0.3) is 5.91 Å². The minimum atomic E-state index is -0.311. The number of pyridine rings is 1. The molecule has 1 amide bonds. The molecule has 2 N–H and O–H groups in total. The molecule has 1 aromatic carbocycles. The predicted molar refractivity (Wildman–Crippen MR) is 111 cm³/mol. The zero-order chi connectivity index (χ0) is 20.1. The fourth-order valence-corrected chi connectivity index (χ4v) is 3.62. The molecule has 0 saturated carbocycles. The van der Waals surface area contributed by atoms with Gasteiger partial charge in [0.15, 0.2) is 0 Å². The number of hydrogen-bond donors (Lipinski definition) is 2. The van der Waals surface area contributed by atoms with Crippen LogP contribution in [0, 0.1) is 5.82 Å². The van der Waals surface area contributed by atoms with Gasteiger partial charge in [0.1, 0.15) is 22.9 Å². The van der Waals surface area contributed by atoms with Crippen LogP contribution in [0.5, 0.6) is 0 Å². The van der Waals surface area contributed by atoms with E-state index >= 15 is 0 Å². The molecule has 7 heteroatoms. The highest BCUT2D eigenvalue weighted by atomic mass is 19.1. The smallest absolute Gasteiger partial charge is 0.270 e. The molecule has 0 spiro atoms. The molecule has 6 nitrogen and oxygen atoms in total. The maximum atomic E-state index is 13.2. The van der Waals surface area contributed by atoms with E-state index in [0.29, 0.717) is 23.6 Å². The number of aromatic nitrogens is 1. The Morgan fingerprint density at radius 3 is 2.62 bits per heavy atom. The molecule has 0 aliphatic carbocycles. The van der Waals surface area contributed by atoms with Crippen molar-refractivity contribution in [2.45, 2.75) is 25.7 Å². The lowest BCUT2D eigenvalue weighted by atomic mass is 10.2. The SMILES string of the molecule is O=C(NCCN1CCCCCC1)c1cc2occc2c(Nc2ccc(F)cc2)n1. The Kier molecular flexibility index (Phi) is 6.05. The van der Waals surface area contributed by atoms with Gasteiger partial charge in [0, 0.05) is 24.8 Å². The Hall–Kier alpha value is -2.93. The fourth-order valence-electron chi connectivity index (χ4n) is 3.62. The average molecular weight is 396 g/mol. The highest BCUT2D eigenvalue weighted by molar-refractivity contribution is 5.99. The normalized spacial score (nSPS) is 15.2. The summed E-state index contributed by atoms with van der Waals surface area (Å²) in [6, 6.07) is 9.41. The van der Waals surface area contributed by atoms with Gasteiger partial charge in [-0.15, -0.1) is 0 Å². The van der Waals surface area contributed by atoms with Gasteiger partial charge in [-0.1, -0.05) is 12.8 Å². The summed E-state index contributed by atoms with van der Waals surface area (Å²) < 4.78 is 18.7. The Bertz CT molecular complexity index is 963. The van der Waals surface area contributed by atoms with E-state index in [-0.39, 0.29) is 17.4 Å². The van der Waals surface area contributed by atoms with E-state index in [2.05, 4.69) is 20.5 Å². The fraction of sp³-hybridized carbons (Fsp3) is 0.364. The van der Waals surface area contributed by atoms with Gasteiger partial charge in [-0.2, -0.15) is 0 Å². The van der Waals surface area contributed by atoms with Crippen LogP contribution in [-0.4, -0.2) is 42.0 Å². The zero-order valence-electron chi connectivity index (χ0n) is 16.3. The van der Waals surface area contributed by atoms with Crippen molar-refractivity contribution in [1.82, 2.24) is 15.2 Å². The largest absolute Gasteiger partial charge is 0.464 e. The molecule has 0 unspecified atom stereocenters. The first-order valence-electron chi connectivity index (χ1n) is 10.1. The summed E-state index contributed by atoms with van der Waals surface area (Å²) in [6.45, 7) is 3.61. The van der Waals surface area contributed by atoms with Gasteiger partial charge in [0.05, 0.1) is 11.6 Å². The van der Waals surface area contributed by atoms with E-state index < -0.39 is 0 Å². The number of carbonyl (C=O) groups excluding carboxylic acids is 1. The average Bonchev–Trinajstić information content (AvgIpc) is 3.06. The molecule has 29 heavy (non-hydrogen) atoms. The van der Waals surface area contributed by atoms with Crippen LogP contribution in [0.3, 0.4) is 0 Å². The third-order valence-electron chi connectivity index (χ3n) is 5.20. The predicted octanol–water partition coefficient (Wildman–Crippen LogP) is 4.32. The molecule has 0 bridgehead atoms. The molecule has 4 rings (SSSR count). The number of benzene rings is 1. The van der Waals surface area contributed by atoms with Crippen molar-refractivity contribution in [3.05, 3.63) is 54.2 Å². The molecule has 1 aliphatic heterocycles. The lowest BCUT2D eigenvalue weighted by Gasteiger charge is -2.19. The molecule has 2 aromatic heterocycles. The van der Waals surface area contributed by atoms with Crippen molar-refractivity contribution in [2.75, 3.05) is 31.5 Å². The molecular weight excluding hydrogens is 371 g/mol. The second-order valence-corrected chi connectivity index (χ2v) is 7.33. The number of hydrogen-bond acceptors (Lipinski definition) is 5. The number of halogens is 1. The minimum absolute atomic E-state index is 0.236. The topological polar surface area (TPSA) is 70.4 Å². The van der Waals surface area contributed by atoms with Crippen LogP contribution >= 0.6 is 0 Å². The molecule has 0 atom stereocenters. The minimum Gasteiger partial charge on any atom is -0.464 e. The van der Waals surface area contributed by atoms with Crippen LogP contribution in [0.2, 0.25) is 0 Å².